The molecule has 37 heavy (non-hydrogen) atoms. The van der Waals surface area contributed by atoms with E-state index in [1.54, 1.807) is 11.9 Å². The van der Waals surface area contributed by atoms with Crippen molar-refractivity contribution in [2.24, 2.45) is 18.9 Å². The highest BCUT2D eigenvalue weighted by atomic mass is 32.2. The molecule has 2 atom stereocenters. The number of hydrogen-bond acceptors (Lipinski definition) is 6. The molecule has 0 bridgehead atoms. The third-order valence-electron chi connectivity index (χ3n) is 7.55. The number of hydrogen-bond donors (Lipinski definition) is 1. The smallest absolute Gasteiger partial charge is 0.310 e. The maximum absolute atomic E-state index is 12.0. The molecule has 5 rings (SSSR count). The first kappa shape index (κ1) is 25.8. The van der Waals surface area contributed by atoms with E-state index in [2.05, 4.69) is 44.2 Å². The van der Waals surface area contributed by atoms with E-state index < -0.39 is 11.9 Å². The molecular weight excluding hydrogens is 486 g/mol. The van der Waals surface area contributed by atoms with Crippen LogP contribution >= 0.6 is 11.9 Å². The van der Waals surface area contributed by atoms with Gasteiger partial charge in [-0.25, -0.2) is 4.98 Å². The summed E-state index contributed by atoms with van der Waals surface area (Å²) in [6.45, 7) is 4.33. The minimum absolute atomic E-state index is 0.0449. The number of benzene rings is 2. The minimum Gasteiger partial charge on any atom is -0.481 e. The van der Waals surface area contributed by atoms with Crippen molar-refractivity contribution in [3.63, 3.8) is 0 Å². The molecule has 1 unspecified atom stereocenters. The average molecular weight is 522 g/mol. The molecule has 1 aromatic heterocycles. The molecule has 1 aliphatic carbocycles. The molecule has 7 nitrogen and oxygen atoms in total. The second-order valence-electron chi connectivity index (χ2n) is 10.0. The standard InChI is InChI=1S/C29H35N3O4S/c1-19-30-27-17-24(9-11-28(27)31(19)2)37-32(3)22-6-4-21(5-7-22)26-16-23(8-10-25(26)29(33)34)36-18-20-12-14-35-15-13-20/h4-7,9,11,16-17,20,23,25H,8,10,12-15,18H2,1-3H3,(H,33,34)/t23-,25?/m1/s1. The van der Waals surface area contributed by atoms with Gasteiger partial charge < -0.3 is 23.5 Å². The van der Waals surface area contributed by atoms with Crippen molar-refractivity contribution in [1.82, 2.24) is 9.55 Å². The van der Waals surface area contributed by atoms with Crippen LogP contribution in [0.2, 0.25) is 0 Å². The van der Waals surface area contributed by atoms with Gasteiger partial charge >= 0.3 is 5.97 Å². The van der Waals surface area contributed by atoms with Gasteiger partial charge in [-0.05, 0) is 91.9 Å². The molecule has 0 saturated carbocycles. The third-order valence-corrected chi connectivity index (χ3v) is 8.50. The van der Waals surface area contributed by atoms with Gasteiger partial charge in [0.25, 0.3) is 0 Å². The number of anilines is 1. The largest absolute Gasteiger partial charge is 0.481 e. The maximum atomic E-state index is 12.0. The van der Waals surface area contributed by atoms with Crippen molar-refractivity contribution in [2.45, 2.75) is 43.6 Å². The van der Waals surface area contributed by atoms with Crippen LogP contribution in [0.3, 0.4) is 0 Å². The minimum atomic E-state index is -0.772. The summed E-state index contributed by atoms with van der Waals surface area (Å²) < 4.78 is 15.9. The second-order valence-corrected chi connectivity index (χ2v) is 11.2. The van der Waals surface area contributed by atoms with Crippen LogP contribution in [0, 0.1) is 18.8 Å². The van der Waals surface area contributed by atoms with E-state index in [0.29, 0.717) is 18.9 Å². The van der Waals surface area contributed by atoms with E-state index in [-0.39, 0.29) is 6.10 Å². The number of carbonyl (C=O) groups is 1. The van der Waals surface area contributed by atoms with Crippen LogP contribution in [0.4, 0.5) is 5.69 Å². The molecule has 0 radical (unpaired) electrons. The summed E-state index contributed by atoms with van der Waals surface area (Å²) in [7, 11) is 4.07. The number of aliphatic carboxylic acids is 1. The molecule has 2 heterocycles. The Bertz CT molecular complexity index is 1280. The zero-order chi connectivity index (χ0) is 25.9. The number of carboxylic acids is 1. The Hall–Kier alpha value is -2.81. The zero-order valence-corrected chi connectivity index (χ0v) is 22.5. The normalized spacial score (nSPS) is 20.7. The molecule has 1 saturated heterocycles. The molecule has 0 amide bonds. The number of fused-ring (bicyclic) bond motifs is 1. The van der Waals surface area contributed by atoms with Gasteiger partial charge in [-0.2, -0.15) is 0 Å². The van der Waals surface area contributed by atoms with Crippen molar-refractivity contribution in [2.75, 3.05) is 31.2 Å². The third kappa shape index (κ3) is 5.87. The van der Waals surface area contributed by atoms with Gasteiger partial charge in [0, 0.05) is 37.9 Å². The molecule has 196 valence electrons. The lowest BCUT2D eigenvalue weighted by molar-refractivity contribution is -0.140. The van der Waals surface area contributed by atoms with Crippen LogP contribution in [0.15, 0.2) is 53.4 Å². The zero-order valence-electron chi connectivity index (χ0n) is 21.7. The second kappa shape index (κ2) is 11.3. The summed E-state index contributed by atoms with van der Waals surface area (Å²) in [4.78, 5) is 17.8. The summed E-state index contributed by atoms with van der Waals surface area (Å²) in [5.74, 6) is 0.243. The fourth-order valence-electron chi connectivity index (χ4n) is 5.18. The van der Waals surface area contributed by atoms with Crippen LogP contribution in [-0.2, 0) is 21.3 Å². The summed E-state index contributed by atoms with van der Waals surface area (Å²) in [6, 6.07) is 14.5. The van der Waals surface area contributed by atoms with Gasteiger partial charge in [-0.15, -0.1) is 0 Å². The van der Waals surface area contributed by atoms with Crippen LogP contribution in [0.25, 0.3) is 16.6 Å². The van der Waals surface area contributed by atoms with E-state index in [1.807, 2.05) is 39.2 Å². The van der Waals surface area contributed by atoms with Gasteiger partial charge in [0.05, 0.1) is 29.7 Å². The van der Waals surface area contributed by atoms with Crippen molar-refractivity contribution >= 4 is 40.2 Å². The van der Waals surface area contributed by atoms with Crippen LogP contribution in [-0.4, -0.2) is 53.6 Å². The average Bonchev–Trinajstić information content (AvgIpc) is 3.20. The Balaban J connectivity index is 1.28. The van der Waals surface area contributed by atoms with E-state index in [4.69, 9.17) is 9.47 Å². The van der Waals surface area contributed by atoms with Gasteiger partial charge in [-0.3, -0.25) is 4.79 Å². The molecule has 1 N–H and O–H groups in total. The first-order valence-corrected chi connectivity index (χ1v) is 13.8. The summed E-state index contributed by atoms with van der Waals surface area (Å²) in [5.41, 5.74) is 4.96. The first-order chi connectivity index (χ1) is 17.9. The molecule has 1 aliphatic heterocycles. The van der Waals surface area contributed by atoms with E-state index in [0.717, 1.165) is 71.1 Å². The molecule has 1 fully saturated rings. The van der Waals surface area contributed by atoms with Crippen molar-refractivity contribution < 1.29 is 19.4 Å². The molecule has 3 aromatic rings. The quantitative estimate of drug-likeness (QED) is 0.380. The number of ether oxygens (including phenoxy) is 2. The fourth-order valence-corrected chi connectivity index (χ4v) is 6.01. The Morgan fingerprint density at radius 1 is 1.16 bits per heavy atom. The number of imidazole rings is 1. The highest BCUT2D eigenvalue weighted by Gasteiger charge is 2.30. The summed E-state index contributed by atoms with van der Waals surface area (Å²) in [5, 5.41) is 9.88. The molecule has 0 spiro atoms. The highest BCUT2D eigenvalue weighted by molar-refractivity contribution is 8.00. The van der Waals surface area contributed by atoms with Gasteiger partial charge in [0.1, 0.15) is 5.82 Å². The molecule has 2 aliphatic rings. The number of aryl methyl sites for hydroxylation is 2. The number of rotatable bonds is 8. The van der Waals surface area contributed by atoms with E-state index in [1.165, 1.54) is 0 Å². The Morgan fingerprint density at radius 3 is 2.65 bits per heavy atom. The predicted molar refractivity (Wildman–Crippen MR) is 148 cm³/mol. The van der Waals surface area contributed by atoms with Crippen LogP contribution in [0.1, 0.15) is 37.1 Å². The maximum Gasteiger partial charge on any atom is 0.310 e. The van der Waals surface area contributed by atoms with Gasteiger partial charge in [0.15, 0.2) is 0 Å². The fraction of sp³-hybridized carbons (Fsp3) is 0.448. The number of aromatic nitrogens is 2. The lowest BCUT2D eigenvalue weighted by Gasteiger charge is -2.29. The van der Waals surface area contributed by atoms with Crippen molar-refractivity contribution in [3.8, 4) is 0 Å². The van der Waals surface area contributed by atoms with Crippen molar-refractivity contribution in [3.05, 3.63) is 59.9 Å². The Morgan fingerprint density at radius 2 is 1.92 bits per heavy atom. The van der Waals surface area contributed by atoms with E-state index >= 15 is 0 Å². The lowest BCUT2D eigenvalue weighted by atomic mass is 9.82. The van der Waals surface area contributed by atoms with Crippen LogP contribution in [0.5, 0.6) is 0 Å². The highest BCUT2D eigenvalue weighted by Crippen LogP contribution is 2.36. The number of nitrogens with zero attached hydrogens (tertiary/aromatic N) is 3. The summed E-state index contributed by atoms with van der Waals surface area (Å²) in [6.07, 6.45) is 5.39. The topological polar surface area (TPSA) is 76.8 Å². The Kier molecular flexibility index (Phi) is 7.88. The SMILES string of the molecule is Cc1nc2cc(SN(C)c3ccc(C4=C[C@H](OCC5CCOCC5)CCC4C(=O)O)cc3)ccc2n1C. The van der Waals surface area contributed by atoms with E-state index in [9.17, 15) is 9.90 Å². The lowest BCUT2D eigenvalue weighted by Crippen LogP contribution is -2.28. The molecule has 8 heteroatoms. The van der Waals surface area contributed by atoms with Gasteiger partial charge in [-0.1, -0.05) is 18.2 Å². The predicted octanol–water partition coefficient (Wildman–Crippen LogP) is 5.72. The van der Waals surface area contributed by atoms with Crippen molar-refractivity contribution in [1.29, 1.82) is 0 Å². The van der Waals surface area contributed by atoms with Gasteiger partial charge in [0.2, 0.25) is 0 Å². The molecular formula is C29H35N3O4S. The van der Waals surface area contributed by atoms with Crippen LogP contribution < -0.4 is 4.31 Å². The summed E-state index contributed by atoms with van der Waals surface area (Å²) >= 11 is 1.64. The number of carboxylic acid groups (broad SMARTS) is 1. The first-order valence-electron chi connectivity index (χ1n) is 13.0. The Labute approximate surface area is 222 Å². The molecule has 2 aromatic carbocycles. The monoisotopic (exact) mass is 521 g/mol.